The zero-order chi connectivity index (χ0) is 16.4. The SMILES string of the molecule is CCCCN(CCC)C(=O)C(=O)Nc1ccccc1OCC. The summed E-state index contributed by atoms with van der Waals surface area (Å²) in [6.07, 6.45) is 2.72. The van der Waals surface area contributed by atoms with Gasteiger partial charge in [0.1, 0.15) is 5.75 Å². The molecule has 0 aliphatic carbocycles. The Bertz CT molecular complexity index is 489. The summed E-state index contributed by atoms with van der Waals surface area (Å²) < 4.78 is 5.45. The highest BCUT2D eigenvalue weighted by molar-refractivity contribution is 6.39. The van der Waals surface area contributed by atoms with Crippen molar-refractivity contribution in [3.63, 3.8) is 0 Å². The van der Waals surface area contributed by atoms with Gasteiger partial charge in [0.25, 0.3) is 0 Å². The first-order valence-corrected chi connectivity index (χ1v) is 7.96. The minimum absolute atomic E-state index is 0.485. The van der Waals surface area contributed by atoms with E-state index in [1.54, 1.807) is 23.1 Å². The molecule has 1 N–H and O–H groups in total. The number of rotatable bonds is 8. The molecule has 0 aliphatic heterocycles. The van der Waals surface area contributed by atoms with Gasteiger partial charge in [-0.3, -0.25) is 9.59 Å². The van der Waals surface area contributed by atoms with Gasteiger partial charge in [0.05, 0.1) is 12.3 Å². The predicted molar refractivity (Wildman–Crippen MR) is 88.0 cm³/mol. The largest absolute Gasteiger partial charge is 0.492 e. The fourth-order valence-corrected chi connectivity index (χ4v) is 2.10. The normalized spacial score (nSPS) is 10.1. The molecule has 0 unspecified atom stereocenters. The molecule has 0 spiro atoms. The molecule has 0 saturated heterocycles. The highest BCUT2D eigenvalue weighted by Crippen LogP contribution is 2.23. The fraction of sp³-hybridized carbons (Fsp3) is 0.529. The third-order valence-electron chi connectivity index (χ3n) is 3.19. The number of unbranched alkanes of at least 4 members (excludes halogenated alkanes) is 1. The molecule has 122 valence electrons. The predicted octanol–water partition coefficient (Wildman–Crippen LogP) is 3.06. The molecule has 0 atom stereocenters. The number of amides is 2. The molecule has 0 aromatic heterocycles. The smallest absolute Gasteiger partial charge is 0.314 e. The van der Waals surface area contributed by atoms with E-state index >= 15 is 0 Å². The van der Waals surface area contributed by atoms with Crippen LogP contribution in [0.15, 0.2) is 24.3 Å². The second kappa shape index (κ2) is 9.82. The van der Waals surface area contributed by atoms with Crippen molar-refractivity contribution in [1.29, 1.82) is 0 Å². The van der Waals surface area contributed by atoms with Gasteiger partial charge in [-0.2, -0.15) is 0 Å². The molecular weight excluding hydrogens is 280 g/mol. The van der Waals surface area contributed by atoms with Crippen LogP contribution in [0.5, 0.6) is 5.75 Å². The Labute approximate surface area is 132 Å². The zero-order valence-electron chi connectivity index (χ0n) is 13.7. The molecule has 0 fully saturated rings. The van der Waals surface area contributed by atoms with E-state index in [9.17, 15) is 9.59 Å². The fourth-order valence-electron chi connectivity index (χ4n) is 2.10. The Balaban J connectivity index is 2.75. The molecule has 22 heavy (non-hydrogen) atoms. The van der Waals surface area contributed by atoms with E-state index in [1.807, 2.05) is 19.9 Å². The van der Waals surface area contributed by atoms with Gasteiger partial charge in [-0.25, -0.2) is 0 Å². The highest BCUT2D eigenvalue weighted by atomic mass is 16.5. The summed E-state index contributed by atoms with van der Waals surface area (Å²) in [4.78, 5) is 26.1. The number of hydrogen-bond donors (Lipinski definition) is 1. The van der Waals surface area contributed by atoms with Crippen LogP contribution in [0.4, 0.5) is 5.69 Å². The van der Waals surface area contributed by atoms with Crippen molar-refractivity contribution in [3.05, 3.63) is 24.3 Å². The summed E-state index contributed by atoms with van der Waals surface area (Å²) in [7, 11) is 0. The first-order valence-electron chi connectivity index (χ1n) is 7.96. The van der Waals surface area contributed by atoms with Gasteiger partial charge in [-0.05, 0) is 31.9 Å². The van der Waals surface area contributed by atoms with Crippen molar-refractivity contribution in [1.82, 2.24) is 4.90 Å². The summed E-state index contributed by atoms with van der Waals surface area (Å²) >= 11 is 0. The molecule has 0 bridgehead atoms. The lowest BCUT2D eigenvalue weighted by molar-refractivity contribution is -0.143. The molecule has 5 nitrogen and oxygen atoms in total. The van der Waals surface area contributed by atoms with Crippen LogP contribution in [0.2, 0.25) is 0 Å². The molecule has 0 radical (unpaired) electrons. The summed E-state index contributed by atoms with van der Waals surface area (Å²) in [5.41, 5.74) is 0.523. The number of nitrogens with zero attached hydrogens (tertiary/aromatic N) is 1. The van der Waals surface area contributed by atoms with Crippen molar-refractivity contribution in [3.8, 4) is 5.75 Å². The third kappa shape index (κ3) is 5.39. The van der Waals surface area contributed by atoms with Crippen LogP contribution in [-0.2, 0) is 9.59 Å². The van der Waals surface area contributed by atoms with Crippen LogP contribution >= 0.6 is 0 Å². The minimum atomic E-state index is -0.614. The first-order chi connectivity index (χ1) is 10.6. The standard InChI is InChI=1S/C17H26N2O3/c1-4-7-13-19(12-5-2)17(21)16(20)18-14-10-8-9-11-15(14)22-6-3/h8-11H,4-7,12-13H2,1-3H3,(H,18,20). The van der Waals surface area contributed by atoms with E-state index in [0.29, 0.717) is 31.1 Å². The summed E-state index contributed by atoms with van der Waals surface area (Å²) in [5, 5.41) is 2.66. The van der Waals surface area contributed by atoms with Crippen LogP contribution in [0.25, 0.3) is 0 Å². The maximum atomic E-state index is 12.3. The van der Waals surface area contributed by atoms with E-state index in [4.69, 9.17) is 4.74 Å². The van der Waals surface area contributed by atoms with E-state index in [0.717, 1.165) is 19.3 Å². The van der Waals surface area contributed by atoms with Gasteiger partial charge in [0, 0.05) is 13.1 Å². The minimum Gasteiger partial charge on any atom is -0.492 e. The van der Waals surface area contributed by atoms with Gasteiger partial charge in [-0.15, -0.1) is 0 Å². The number of anilines is 1. The van der Waals surface area contributed by atoms with Gasteiger partial charge >= 0.3 is 11.8 Å². The Morgan fingerprint density at radius 2 is 1.82 bits per heavy atom. The number of para-hydroxylation sites is 2. The molecule has 0 aliphatic rings. The Morgan fingerprint density at radius 1 is 1.09 bits per heavy atom. The summed E-state index contributed by atoms with van der Waals surface area (Å²) in [6.45, 7) is 7.64. The molecule has 2 amide bonds. The lowest BCUT2D eigenvalue weighted by atomic mass is 10.2. The average Bonchev–Trinajstić information content (AvgIpc) is 2.52. The molecular formula is C17H26N2O3. The maximum absolute atomic E-state index is 12.3. The second-order valence-corrected chi connectivity index (χ2v) is 5.03. The zero-order valence-corrected chi connectivity index (χ0v) is 13.7. The molecule has 0 saturated carbocycles. The van der Waals surface area contributed by atoms with E-state index in [1.165, 1.54) is 0 Å². The number of nitrogens with one attached hydrogen (secondary N) is 1. The topological polar surface area (TPSA) is 58.6 Å². The Hall–Kier alpha value is -2.04. The monoisotopic (exact) mass is 306 g/mol. The van der Waals surface area contributed by atoms with Crippen LogP contribution in [0.3, 0.4) is 0 Å². The Kier molecular flexibility index (Phi) is 8.04. The molecule has 1 aromatic rings. The molecule has 1 rings (SSSR count). The van der Waals surface area contributed by atoms with Crippen LogP contribution < -0.4 is 10.1 Å². The van der Waals surface area contributed by atoms with Gasteiger partial charge in [-0.1, -0.05) is 32.4 Å². The molecule has 0 heterocycles. The number of carbonyl (C=O) groups is 2. The van der Waals surface area contributed by atoms with Crippen LogP contribution in [-0.4, -0.2) is 36.4 Å². The number of benzene rings is 1. The van der Waals surface area contributed by atoms with Gasteiger partial charge < -0.3 is 15.0 Å². The maximum Gasteiger partial charge on any atom is 0.314 e. The lowest BCUT2D eigenvalue weighted by Gasteiger charge is -2.21. The van der Waals surface area contributed by atoms with Crippen LogP contribution in [0, 0.1) is 0 Å². The van der Waals surface area contributed by atoms with Crippen molar-refractivity contribution in [2.45, 2.75) is 40.0 Å². The second-order valence-electron chi connectivity index (χ2n) is 5.03. The quantitative estimate of drug-likeness (QED) is 0.751. The number of hydrogen-bond acceptors (Lipinski definition) is 3. The van der Waals surface area contributed by atoms with E-state index in [-0.39, 0.29) is 0 Å². The van der Waals surface area contributed by atoms with Crippen molar-refractivity contribution in [2.75, 3.05) is 25.0 Å². The van der Waals surface area contributed by atoms with Crippen molar-refractivity contribution >= 4 is 17.5 Å². The summed E-state index contributed by atoms with van der Waals surface area (Å²) in [6, 6.07) is 7.12. The third-order valence-corrected chi connectivity index (χ3v) is 3.19. The highest BCUT2D eigenvalue weighted by Gasteiger charge is 2.21. The van der Waals surface area contributed by atoms with E-state index in [2.05, 4.69) is 12.2 Å². The van der Waals surface area contributed by atoms with Gasteiger partial charge in [0.2, 0.25) is 0 Å². The number of carbonyl (C=O) groups excluding carboxylic acids is 2. The van der Waals surface area contributed by atoms with E-state index < -0.39 is 11.8 Å². The Morgan fingerprint density at radius 3 is 2.45 bits per heavy atom. The lowest BCUT2D eigenvalue weighted by Crippen LogP contribution is -2.40. The van der Waals surface area contributed by atoms with Crippen molar-refractivity contribution in [2.24, 2.45) is 0 Å². The number of ether oxygens (including phenoxy) is 1. The molecule has 1 aromatic carbocycles. The van der Waals surface area contributed by atoms with Crippen LogP contribution in [0.1, 0.15) is 40.0 Å². The van der Waals surface area contributed by atoms with Crippen molar-refractivity contribution < 1.29 is 14.3 Å². The first kappa shape index (κ1) is 18.0. The van der Waals surface area contributed by atoms with Gasteiger partial charge in [0.15, 0.2) is 0 Å². The molecule has 5 heteroatoms. The average molecular weight is 306 g/mol. The summed E-state index contributed by atoms with van der Waals surface area (Å²) in [5.74, 6) is -0.528.